The molecule has 2 aromatic carbocycles. The maximum absolute atomic E-state index is 13.3. The van der Waals surface area contributed by atoms with E-state index in [4.69, 9.17) is 4.74 Å². The number of carbonyl (C=O) groups excluding carboxylic acids is 1. The second-order valence-electron chi connectivity index (χ2n) is 11.0. The highest BCUT2D eigenvalue weighted by Crippen LogP contribution is 2.46. The summed E-state index contributed by atoms with van der Waals surface area (Å²) < 4.78 is 6.12. The summed E-state index contributed by atoms with van der Waals surface area (Å²) in [7, 11) is 0. The van der Waals surface area contributed by atoms with Crippen molar-refractivity contribution in [3.63, 3.8) is 0 Å². The minimum atomic E-state index is -0.991. The number of nitriles is 1. The van der Waals surface area contributed by atoms with Crippen molar-refractivity contribution in [2.75, 3.05) is 6.54 Å². The maximum atomic E-state index is 13.3. The summed E-state index contributed by atoms with van der Waals surface area (Å²) in [5.41, 5.74) is 1.99. The molecule has 1 N–H and O–H groups in total. The van der Waals surface area contributed by atoms with Crippen molar-refractivity contribution in [2.24, 2.45) is 0 Å². The van der Waals surface area contributed by atoms with E-state index < -0.39 is 16.6 Å². The monoisotopic (exact) mass is 496 g/mol. The maximum Gasteiger partial charge on any atom is 0.411 e. The van der Waals surface area contributed by atoms with Crippen LogP contribution in [-0.4, -0.2) is 38.4 Å². The van der Waals surface area contributed by atoms with Crippen molar-refractivity contribution in [1.29, 1.82) is 5.26 Å². The van der Waals surface area contributed by atoms with Crippen molar-refractivity contribution in [3.8, 4) is 17.3 Å². The molecule has 1 amide bonds. The fourth-order valence-corrected chi connectivity index (χ4v) is 5.30. The number of hydrogen-bond acceptors (Lipinski definition) is 6. The molecule has 7 nitrogen and oxygen atoms in total. The lowest BCUT2D eigenvalue weighted by Crippen LogP contribution is -2.51. The van der Waals surface area contributed by atoms with E-state index in [1.54, 1.807) is 18.7 Å². The molecule has 0 spiro atoms. The Hall–Kier alpha value is -3.76. The van der Waals surface area contributed by atoms with Crippen LogP contribution in [0.15, 0.2) is 66.7 Å². The summed E-state index contributed by atoms with van der Waals surface area (Å²) in [6.07, 6.45) is 2.20. The summed E-state index contributed by atoms with van der Waals surface area (Å²) >= 11 is 0. The van der Waals surface area contributed by atoms with Gasteiger partial charge in [0.25, 0.3) is 0 Å². The molecule has 1 unspecified atom stereocenters. The third kappa shape index (κ3) is 4.94. The van der Waals surface area contributed by atoms with E-state index in [0.717, 1.165) is 40.9 Å². The van der Waals surface area contributed by atoms with Gasteiger partial charge < -0.3 is 14.7 Å². The van der Waals surface area contributed by atoms with Crippen LogP contribution in [0.1, 0.15) is 69.3 Å². The van der Waals surface area contributed by atoms with Crippen molar-refractivity contribution in [2.45, 2.75) is 69.1 Å². The summed E-state index contributed by atoms with van der Waals surface area (Å²) in [4.78, 5) is 15.0. The molecule has 2 heterocycles. The molecule has 5 rings (SSSR count). The standard InChI is InChI=1S/C30H32N4O3/c1-21(22-9-11-23(12-10-22)25-13-14-26(33-32-25)29(20-31)15-16-29)34-18-17-30(37-27(34)35,19-28(2,3)36)24-7-5-4-6-8-24/h4-14,21,36H,15-19H2,1-3H3/t21-,30?/m0/s1. The Kier molecular flexibility index (Phi) is 6.25. The van der Waals surface area contributed by atoms with Crippen LogP contribution < -0.4 is 0 Å². The van der Waals surface area contributed by atoms with Gasteiger partial charge in [0.05, 0.1) is 29.1 Å². The highest BCUT2D eigenvalue weighted by atomic mass is 16.6. The van der Waals surface area contributed by atoms with Gasteiger partial charge in [-0.15, -0.1) is 0 Å². The number of aliphatic hydroxyl groups is 1. The molecule has 1 saturated heterocycles. The molecule has 3 aromatic rings. The van der Waals surface area contributed by atoms with Gasteiger partial charge in [0.15, 0.2) is 0 Å². The Morgan fingerprint density at radius 3 is 2.30 bits per heavy atom. The van der Waals surface area contributed by atoms with Gasteiger partial charge in [0.2, 0.25) is 0 Å². The predicted octanol–water partition coefficient (Wildman–Crippen LogP) is 5.66. The molecule has 2 fully saturated rings. The number of amides is 1. The summed E-state index contributed by atoms with van der Waals surface area (Å²) in [6.45, 7) is 5.99. The smallest absolute Gasteiger partial charge is 0.411 e. The van der Waals surface area contributed by atoms with Crippen LogP contribution in [0.3, 0.4) is 0 Å². The molecule has 0 radical (unpaired) electrons. The lowest BCUT2D eigenvalue weighted by molar-refractivity contribution is -0.101. The molecule has 0 bridgehead atoms. The predicted molar refractivity (Wildman–Crippen MR) is 139 cm³/mol. The molecule has 2 aliphatic rings. The first-order chi connectivity index (χ1) is 17.6. The second kappa shape index (κ2) is 9.28. The minimum absolute atomic E-state index is 0.184. The number of rotatable bonds is 7. The zero-order chi connectivity index (χ0) is 26.3. The van der Waals surface area contributed by atoms with Crippen molar-refractivity contribution in [1.82, 2.24) is 15.1 Å². The first kappa shape index (κ1) is 24.9. The lowest BCUT2D eigenvalue weighted by atomic mass is 9.80. The van der Waals surface area contributed by atoms with Gasteiger partial charge in [-0.3, -0.25) is 0 Å². The normalized spacial score (nSPS) is 21.6. The highest BCUT2D eigenvalue weighted by Gasteiger charge is 2.47. The summed E-state index contributed by atoms with van der Waals surface area (Å²) in [5, 5.41) is 28.6. The first-order valence-corrected chi connectivity index (χ1v) is 12.8. The number of cyclic esters (lactones) is 1. The van der Waals surface area contributed by atoms with Gasteiger partial charge in [0, 0.05) is 24.9 Å². The Morgan fingerprint density at radius 1 is 1.05 bits per heavy atom. The molecule has 1 aromatic heterocycles. The SMILES string of the molecule is C[C@@H](c1ccc(-c2ccc(C3(C#N)CC3)nn2)cc1)N1CCC(CC(C)(C)O)(c2ccccc2)OC1=O. The third-order valence-corrected chi connectivity index (χ3v) is 7.57. The van der Waals surface area contributed by atoms with Gasteiger partial charge in [-0.25, -0.2) is 4.79 Å². The minimum Gasteiger partial charge on any atom is -0.438 e. The summed E-state index contributed by atoms with van der Waals surface area (Å²) in [5.74, 6) is 0. The molecule has 1 aliphatic heterocycles. The van der Waals surface area contributed by atoms with Gasteiger partial charge in [0.1, 0.15) is 11.0 Å². The first-order valence-electron chi connectivity index (χ1n) is 12.8. The van der Waals surface area contributed by atoms with Crippen molar-refractivity contribution < 1.29 is 14.6 Å². The number of carbonyl (C=O) groups is 1. The van der Waals surface area contributed by atoms with E-state index in [-0.39, 0.29) is 12.1 Å². The molecule has 2 atom stereocenters. The molecular weight excluding hydrogens is 464 g/mol. The number of benzene rings is 2. The van der Waals surface area contributed by atoms with Gasteiger partial charge in [-0.2, -0.15) is 15.5 Å². The molecule has 190 valence electrons. The average Bonchev–Trinajstić information content (AvgIpc) is 3.70. The number of nitrogens with zero attached hydrogens (tertiary/aromatic N) is 4. The van der Waals surface area contributed by atoms with E-state index >= 15 is 0 Å². The second-order valence-corrected chi connectivity index (χ2v) is 11.0. The Balaban J connectivity index is 1.31. The van der Waals surface area contributed by atoms with E-state index in [0.29, 0.717) is 19.4 Å². The number of ether oxygens (including phenoxy) is 1. The van der Waals surface area contributed by atoms with E-state index in [9.17, 15) is 15.2 Å². The molecular formula is C30H32N4O3. The van der Waals surface area contributed by atoms with Crippen LogP contribution in [-0.2, 0) is 15.8 Å². The topological polar surface area (TPSA) is 99.3 Å². The summed E-state index contributed by atoms with van der Waals surface area (Å²) in [6, 6.07) is 23.6. The zero-order valence-corrected chi connectivity index (χ0v) is 21.5. The van der Waals surface area contributed by atoms with E-state index in [1.807, 2.05) is 73.7 Å². The van der Waals surface area contributed by atoms with Gasteiger partial charge in [-0.1, -0.05) is 54.6 Å². The quantitative estimate of drug-likeness (QED) is 0.453. The van der Waals surface area contributed by atoms with Crippen molar-refractivity contribution in [3.05, 3.63) is 83.6 Å². The fraction of sp³-hybridized carbons (Fsp3) is 0.400. The number of hydrogen-bond donors (Lipinski definition) is 1. The van der Waals surface area contributed by atoms with Crippen LogP contribution in [0.25, 0.3) is 11.3 Å². The average molecular weight is 497 g/mol. The highest BCUT2D eigenvalue weighted by molar-refractivity contribution is 5.70. The van der Waals surface area contributed by atoms with Gasteiger partial charge >= 0.3 is 6.09 Å². The van der Waals surface area contributed by atoms with Crippen LogP contribution in [0.2, 0.25) is 0 Å². The zero-order valence-electron chi connectivity index (χ0n) is 21.5. The number of aromatic nitrogens is 2. The molecule has 7 heteroatoms. The fourth-order valence-electron chi connectivity index (χ4n) is 5.30. The Labute approximate surface area is 217 Å². The molecule has 1 aliphatic carbocycles. The van der Waals surface area contributed by atoms with Crippen LogP contribution in [0.5, 0.6) is 0 Å². The Bertz CT molecular complexity index is 1310. The van der Waals surface area contributed by atoms with Crippen LogP contribution in [0.4, 0.5) is 4.79 Å². The molecule has 37 heavy (non-hydrogen) atoms. The Morgan fingerprint density at radius 2 is 1.76 bits per heavy atom. The van der Waals surface area contributed by atoms with E-state index in [1.165, 1.54) is 0 Å². The third-order valence-electron chi connectivity index (χ3n) is 7.57. The van der Waals surface area contributed by atoms with Crippen LogP contribution >= 0.6 is 0 Å². The molecule has 1 saturated carbocycles. The van der Waals surface area contributed by atoms with Crippen LogP contribution in [0, 0.1) is 11.3 Å². The van der Waals surface area contributed by atoms with E-state index in [2.05, 4.69) is 16.3 Å². The largest absolute Gasteiger partial charge is 0.438 e. The lowest BCUT2D eigenvalue weighted by Gasteiger charge is -2.45. The van der Waals surface area contributed by atoms with Crippen molar-refractivity contribution >= 4 is 6.09 Å². The van der Waals surface area contributed by atoms with Gasteiger partial charge in [-0.05, 0) is 56.9 Å².